The molecule has 2 heteroatoms. The zero-order valence-corrected chi connectivity index (χ0v) is 5.83. The van der Waals surface area contributed by atoms with Crippen molar-refractivity contribution in [2.24, 2.45) is 4.99 Å². The van der Waals surface area contributed by atoms with E-state index in [2.05, 4.69) is 16.0 Å². The van der Waals surface area contributed by atoms with Gasteiger partial charge in [0, 0.05) is 23.9 Å². The van der Waals surface area contributed by atoms with E-state index in [-0.39, 0.29) is 0 Å². The molecule has 1 aromatic rings. The van der Waals surface area contributed by atoms with Crippen LogP contribution in [0.15, 0.2) is 17.1 Å². The molecule has 0 radical (unpaired) electrons. The van der Waals surface area contributed by atoms with E-state index in [0.717, 1.165) is 17.9 Å². The van der Waals surface area contributed by atoms with Gasteiger partial charge >= 0.3 is 0 Å². The molecule has 0 N–H and O–H groups in total. The highest BCUT2D eigenvalue weighted by molar-refractivity contribution is 5.73. The molecule has 1 aromatic heterocycles. The Hall–Kier alpha value is -1.18. The first-order valence-electron chi connectivity index (χ1n) is 3.35. The first kappa shape index (κ1) is 5.59. The summed E-state index contributed by atoms with van der Waals surface area (Å²) in [6.07, 6.45) is 2.85. The second-order valence-corrected chi connectivity index (χ2v) is 2.45. The standard InChI is InChI=1S/C8H8N2/c1-6-2-3-7-4-5-9-8(7)10-6/h2-3,5H,4H2,1H3. The number of rotatable bonds is 0. The summed E-state index contributed by atoms with van der Waals surface area (Å²) in [6, 6.07) is 4.11. The molecule has 50 valence electrons. The molecule has 0 saturated carbocycles. The normalized spacial score (nSPS) is 13.7. The quantitative estimate of drug-likeness (QED) is 0.527. The average Bonchev–Trinajstić information content (AvgIpc) is 2.33. The Bertz CT molecular complexity index is 289. The SMILES string of the molecule is Cc1ccc2c(n1)N=CC2. The van der Waals surface area contributed by atoms with Gasteiger partial charge in [-0.05, 0) is 13.0 Å². The molecule has 1 aliphatic heterocycles. The highest BCUT2D eigenvalue weighted by atomic mass is 14.9. The minimum absolute atomic E-state index is 0.903. The van der Waals surface area contributed by atoms with Crippen LogP contribution in [0, 0.1) is 6.92 Å². The molecule has 0 aliphatic carbocycles. The summed E-state index contributed by atoms with van der Waals surface area (Å²) in [5.41, 5.74) is 2.28. The summed E-state index contributed by atoms with van der Waals surface area (Å²) in [5.74, 6) is 0.903. The van der Waals surface area contributed by atoms with Crippen molar-refractivity contribution in [1.29, 1.82) is 0 Å². The molecule has 2 heterocycles. The number of aromatic nitrogens is 1. The molecule has 2 nitrogen and oxygen atoms in total. The van der Waals surface area contributed by atoms with Crippen molar-refractivity contribution >= 4 is 12.0 Å². The van der Waals surface area contributed by atoms with Gasteiger partial charge < -0.3 is 0 Å². The van der Waals surface area contributed by atoms with Crippen LogP contribution in [0.3, 0.4) is 0 Å². The van der Waals surface area contributed by atoms with E-state index in [1.807, 2.05) is 19.2 Å². The van der Waals surface area contributed by atoms with Crippen LogP contribution in [0.4, 0.5) is 5.82 Å². The van der Waals surface area contributed by atoms with Crippen molar-refractivity contribution in [3.8, 4) is 0 Å². The number of aliphatic imine (C=N–C) groups is 1. The van der Waals surface area contributed by atoms with Crippen LogP contribution in [0.5, 0.6) is 0 Å². The minimum Gasteiger partial charge on any atom is -0.241 e. The predicted octanol–water partition coefficient (Wildman–Crippen LogP) is 1.65. The third-order valence-electron chi connectivity index (χ3n) is 1.62. The zero-order valence-electron chi connectivity index (χ0n) is 5.83. The lowest BCUT2D eigenvalue weighted by molar-refractivity contribution is 1.16. The van der Waals surface area contributed by atoms with Crippen molar-refractivity contribution in [2.75, 3.05) is 0 Å². The van der Waals surface area contributed by atoms with Crippen LogP contribution in [-0.4, -0.2) is 11.2 Å². The van der Waals surface area contributed by atoms with Crippen molar-refractivity contribution in [3.63, 3.8) is 0 Å². The smallest absolute Gasteiger partial charge is 0.155 e. The van der Waals surface area contributed by atoms with Gasteiger partial charge in [-0.25, -0.2) is 9.98 Å². The van der Waals surface area contributed by atoms with Crippen LogP contribution < -0.4 is 0 Å². The number of hydrogen-bond donors (Lipinski definition) is 0. The van der Waals surface area contributed by atoms with Crippen LogP contribution in [0.1, 0.15) is 11.3 Å². The van der Waals surface area contributed by atoms with E-state index < -0.39 is 0 Å². The van der Waals surface area contributed by atoms with E-state index in [4.69, 9.17) is 0 Å². The molecule has 0 amide bonds. The number of hydrogen-bond acceptors (Lipinski definition) is 2. The summed E-state index contributed by atoms with van der Waals surface area (Å²) in [7, 11) is 0. The molecule has 0 fully saturated rings. The second kappa shape index (κ2) is 1.90. The second-order valence-electron chi connectivity index (χ2n) is 2.45. The highest BCUT2D eigenvalue weighted by Crippen LogP contribution is 2.20. The molecule has 0 saturated heterocycles. The third kappa shape index (κ3) is 0.727. The van der Waals surface area contributed by atoms with Gasteiger partial charge in [-0.1, -0.05) is 6.07 Å². The monoisotopic (exact) mass is 132 g/mol. The minimum atomic E-state index is 0.903. The van der Waals surface area contributed by atoms with Crippen LogP contribution >= 0.6 is 0 Å². The summed E-state index contributed by atoms with van der Waals surface area (Å²) in [6.45, 7) is 1.98. The topological polar surface area (TPSA) is 25.2 Å². The Morgan fingerprint density at radius 1 is 1.40 bits per heavy atom. The first-order valence-corrected chi connectivity index (χ1v) is 3.35. The van der Waals surface area contributed by atoms with E-state index >= 15 is 0 Å². The highest BCUT2D eigenvalue weighted by Gasteiger charge is 2.05. The van der Waals surface area contributed by atoms with Gasteiger partial charge in [0.25, 0.3) is 0 Å². The molecule has 0 bridgehead atoms. The Morgan fingerprint density at radius 3 is 3.20 bits per heavy atom. The third-order valence-corrected chi connectivity index (χ3v) is 1.62. The van der Waals surface area contributed by atoms with Crippen molar-refractivity contribution in [3.05, 3.63) is 23.4 Å². The number of pyridine rings is 1. The van der Waals surface area contributed by atoms with Gasteiger partial charge in [-0.15, -0.1) is 0 Å². The first-order chi connectivity index (χ1) is 4.86. The van der Waals surface area contributed by atoms with E-state index in [0.29, 0.717) is 0 Å². The lowest BCUT2D eigenvalue weighted by Crippen LogP contribution is -1.83. The molecule has 0 aromatic carbocycles. The van der Waals surface area contributed by atoms with Crippen molar-refractivity contribution < 1.29 is 0 Å². The fourth-order valence-corrected chi connectivity index (χ4v) is 1.07. The lowest BCUT2D eigenvalue weighted by Gasteiger charge is -1.95. The number of fused-ring (bicyclic) bond motifs is 1. The van der Waals surface area contributed by atoms with E-state index in [9.17, 15) is 0 Å². The van der Waals surface area contributed by atoms with Gasteiger partial charge in [0.2, 0.25) is 0 Å². The van der Waals surface area contributed by atoms with Gasteiger partial charge in [-0.3, -0.25) is 0 Å². The molecule has 0 unspecified atom stereocenters. The summed E-state index contributed by atoms with van der Waals surface area (Å²) >= 11 is 0. The molecule has 1 aliphatic rings. The van der Waals surface area contributed by atoms with Crippen molar-refractivity contribution in [2.45, 2.75) is 13.3 Å². The lowest BCUT2D eigenvalue weighted by atomic mass is 10.2. The van der Waals surface area contributed by atoms with E-state index in [1.54, 1.807) is 0 Å². The molecular formula is C8H8N2. The Labute approximate surface area is 59.6 Å². The summed E-state index contributed by atoms with van der Waals surface area (Å²) in [4.78, 5) is 8.38. The molecular weight excluding hydrogens is 124 g/mol. The molecule has 0 spiro atoms. The molecule has 2 rings (SSSR count). The Morgan fingerprint density at radius 2 is 2.30 bits per heavy atom. The van der Waals surface area contributed by atoms with Gasteiger partial charge in [0.15, 0.2) is 5.82 Å². The summed E-state index contributed by atoms with van der Waals surface area (Å²) in [5, 5.41) is 0. The van der Waals surface area contributed by atoms with E-state index in [1.165, 1.54) is 5.56 Å². The van der Waals surface area contributed by atoms with Gasteiger partial charge in [0.1, 0.15) is 0 Å². The number of aryl methyl sites for hydroxylation is 1. The fraction of sp³-hybridized carbons (Fsp3) is 0.250. The number of nitrogens with zero attached hydrogens (tertiary/aromatic N) is 2. The van der Waals surface area contributed by atoms with Crippen LogP contribution in [0.25, 0.3) is 0 Å². The zero-order chi connectivity index (χ0) is 6.97. The predicted molar refractivity (Wildman–Crippen MR) is 40.8 cm³/mol. The molecule has 10 heavy (non-hydrogen) atoms. The maximum absolute atomic E-state index is 4.26. The fourth-order valence-electron chi connectivity index (χ4n) is 1.07. The largest absolute Gasteiger partial charge is 0.241 e. The van der Waals surface area contributed by atoms with Crippen LogP contribution in [0.2, 0.25) is 0 Å². The summed E-state index contributed by atoms with van der Waals surface area (Å²) < 4.78 is 0. The van der Waals surface area contributed by atoms with Gasteiger partial charge in [-0.2, -0.15) is 0 Å². The maximum atomic E-state index is 4.26. The molecule has 0 atom stereocenters. The van der Waals surface area contributed by atoms with Crippen LogP contribution in [-0.2, 0) is 6.42 Å². The van der Waals surface area contributed by atoms with Crippen molar-refractivity contribution in [1.82, 2.24) is 4.98 Å². The Balaban J connectivity index is 2.60. The Kier molecular flexibility index (Phi) is 1.07. The maximum Gasteiger partial charge on any atom is 0.155 e. The van der Waals surface area contributed by atoms with Gasteiger partial charge in [0.05, 0.1) is 0 Å². The average molecular weight is 132 g/mol.